The zero-order valence-electron chi connectivity index (χ0n) is 13.0. The summed E-state index contributed by atoms with van der Waals surface area (Å²) >= 11 is 6.12. The normalized spacial score (nSPS) is 14.8. The van der Waals surface area contributed by atoms with E-state index in [4.69, 9.17) is 21.3 Å². The minimum atomic E-state index is -0.120. The molecule has 2 aromatic rings. The van der Waals surface area contributed by atoms with E-state index in [1.165, 1.54) is 6.92 Å². The number of hydrogen-bond donors (Lipinski definition) is 0. The molecule has 1 aromatic carbocycles. The molecule has 0 spiro atoms. The second-order valence-corrected chi connectivity index (χ2v) is 5.99. The average molecular weight is 330 g/mol. The predicted octanol–water partition coefficient (Wildman–Crippen LogP) is 3.11. The fourth-order valence-corrected chi connectivity index (χ4v) is 3.13. The van der Waals surface area contributed by atoms with E-state index >= 15 is 0 Å². The highest BCUT2D eigenvalue weighted by Crippen LogP contribution is 2.32. The summed E-state index contributed by atoms with van der Waals surface area (Å²) < 4.78 is 5.38. The molecule has 1 saturated heterocycles. The number of Topliss-reactive ketones (excluding diaryl/α,β-unsaturated/α-hetero) is 1. The minimum absolute atomic E-state index is 0.120. The van der Waals surface area contributed by atoms with Crippen LogP contribution in [0, 0.1) is 18.3 Å². The van der Waals surface area contributed by atoms with Gasteiger partial charge in [0.1, 0.15) is 11.9 Å². The van der Waals surface area contributed by atoms with Crippen LogP contribution in [0.4, 0.5) is 5.82 Å². The van der Waals surface area contributed by atoms with Crippen molar-refractivity contribution in [1.82, 2.24) is 4.98 Å². The topological polar surface area (TPSA) is 66.2 Å². The highest BCUT2D eigenvalue weighted by atomic mass is 35.5. The third kappa shape index (κ3) is 2.76. The Kier molecular flexibility index (Phi) is 4.20. The van der Waals surface area contributed by atoms with Gasteiger partial charge in [-0.1, -0.05) is 11.6 Å². The standard InChI is InChI=1S/C17H16ClN3O2/c1-10-15(9-19)14-8-12(18)7-13(11(2)22)16(14)20-17(10)21-3-5-23-6-4-21/h7-8H,3-6H2,1-2H3. The van der Waals surface area contributed by atoms with Crippen molar-refractivity contribution in [3.8, 4) is 6.07 Å². The number of benzene rings is 1. The van der Waals surface area contributed by atoms with Gasteiger partial charge in [-0.25, -0.2) is 4.98 Å². The largest absolute Gasteiger partial charge is 0.378 e. The summed E-state index contributed by atoms with van der Waals surface area (Å²) in [7, 11) is 0. The number of rotatable bonds is 2. The molecule has 1 aliphatic heterocycles. The molecule has 118 valence electrons. The van der Waals surface area contributed by atoms with Crippen LogP contribution < -0.4 is 4.90 Å². The summed E-state index contributed by atoms with van der Waals surface area (Å²) in [5.41, 5.74) is 2.30. The van der Waals surface area contributed by atoms with Crippen LogP contribution in [0.1, 0.15) is 28.4 Å². The lowest BCUT2D eigenvalue weighted by atomic mass is 9.99. The summed E-state index contributed by atoms with van der Waals surface area (Å²) in [6.45, 7) is 6.04. The highest BCUT2D eigenvalue weighted by molar-refractivity contribution is 6.32. The zero-order valence-corrected chi connectivity index (χ0v) is 13.8. The maximum Gasteiger partial charge on any atom is 0.162 e. The number of nitrogens with zero attached hydrogens (tertiary/aromatic N) is 3. The van der Waals surface area contributed by atoms with Gasteiger partial charge in [0.2, 0.25) is 0 Å². The van der Waals surface area contributed by atoms with E-state index in [0.717, 1.165) is 11.4 Å². The van der Waals surface area contributed by atoms with Gasteiger partial charge in [0.25, 0.3) is 0 Å². The molecule has 6 heteroatoms. The Labute approximate surface area is 139 Å². The summed E-state index contributed by atoms with van der Waals surface area (Å²) in [5.74, 6) is 0.618. The number of carbonyl (C=O) groups excluding carboxylic acids is 1. The third-order valence-electron chi connectivity index (χ3n) is 4.07. The molecule has 0 bridgehead atoms. The summed E-state index contributed by atoms with van der Waals surface area (Å²) in [6, 6.07) is 5.55. The van der Waals surface area contributed by atoms with E-state index in [1.807, 2.05) is 6.92 Å². The molecule has 1 aromatic heterocycles. The molecule has 0 aliphatic carbocycles. The first kappa shape index (κ1) is 15.7. The van der Waals surface area contributed by atoms with Crippen LogP contribution in [0.3, 0.4) is 0 Å². The molecule has 23 heavy (non-hydrogen) atoms. The number of fused-ring (bicyclic) bond motifs is 1. The van der Waals surface area contributed by atoms with Gasteiger partial charge in [-0.05, 0) is 26.0 Å². The second-order valence-electron chi connectivity index (χ2n) is 5.55. The van der Waals surface area contributed by atoms with Gasteiger partial charge in [-0.15, -0.1) is 0 Å². The molecule has 0 unspecified atom stereocenters. The smallest absolute Gasteiger partial charge is 0.162 e. The number of aromatic nitrogens is 1. The summed E-state index contributed by atoms with van der Waals surface area (Å²) in [5, 5.41) is 10.7. The number of nitriles is 1. The molecule has 0 N–H and O–H groups in total. The Hall–Kier alpha value is -2.16. The first-order chi connectivity index (χ1) is 11.0. The van der Waals surface area contributed by atoms with Crippen molar-refractivity contribution in [3.05, 3.63) is 33.8 Å². The van der Waals surface area contributed by atoms with Crippen LogP contribution >= 0.6 is 11.6 Å². The van der Waals surface area contributed by atoms with Crippen LogP contribution in [0.25, 0.3) is 10.9 Å². The van der Waals surface area contributed by atoms with Crippen molar-refractivity contribution in [1.29, 1.82) is 5.26 Å². The highest BCUT2D eigenvalue weighted by Gasteiger charge is 2.21. The number of halogens is 1. The van der Waals surface area contributed by atoms with Gasteiger partial charge in [0.15, 0.2) is 5.78 Å². The van der Waals surface area contributed by atoms with Crippen LogP contribution in [-0.2, 0) is 4.74 Å². The predicted molar refractivity (Wildman–Crippen MR) is 89.2 cm³/mol. The molecule has 0 saturated carbocycles. The minimum Gasteiger partial charge on any atom is -0.378 e. The number of ether oxygens (including phenoxy) is 1. The van der Waals surface area contributed by atoms with Crippen LogP contribution in [-0.4, -0.2) is 37.1 Å². The molecule has 1 aliphatic rings. The van der Waals surface area contributed by atoms with E-state index in [-0.39, 0.29) is 5.78 Å². The molecule has 5 nitrogen and oxygen atoms in total. The van der Waals surface area contributed by atoms with E-state index in [1.54, 1.807) is 12.1 Å². The monoisotopic (exact) mass is 329 g/mol. The van der Waals surface area contributed by atoms with E-state index in [2.05, 4.69) is 11.0 Å². The third-order valence-corrected chi connectivity index (χ3v) is 4.29. The Morgan fingerprint density at radius 3 is 2.70 bits per heavy atom. The van der Waals surface area contributed by atoms with Crippen molar-refractivity contribution in [3.63, 3.8) is 0 Å². The fourth-order valence-electron chi connectivity index (χ4n) is 2.91. The van der Waals surface area contributed by atoms with E-state index < -0.39 is 0 Å². The molecule has 0 atom stereocenters. The van der Waals surface area contributed by atoms with Gasteiger partial charge in [-0.2, -0.15) is 5.26 Å². The zero-order chi connectivity index (χ0) is 16.6. The van der Waals surface area contributed by atoms with Gasteiger partial charge in [-0.3, -0.25) is 4.79 Å². The molecule has 0 radical (unpaired) electrons. The summed E-state index contributed by atoms with van der Waals surface area (Å²) in [6.07, 6.45) is 0. The quantitative estimate of drug-likeness (QED) is 0.792. The van der Waals surface area contributed by atoms with Crippen LogP contribution in [0.15, 0.2) is 12.1 Å². The van der Waals surface area contributed by atoms with Gasteiger partial charge < -0.3 is 9.64 Å². The molecule has 3 rings (SSSR count). The number of hydrogen-bond acceptors (Lipinski definition) is 5. The molecule has 1 fully saturated rings. The van der Waals surface area contributed by atoms with E-state index in [0.29, 0.717) is 53.4 Å². The number of carbonyl (C=O) groups is 1. The van der Waals surface area contributed by atoms with Gasteiger partial charge in [0, 0.05) is 34.6 Å². The Balaban J connectivity index is 2.33. The number of morpholine rings is 1. The van der Waals surface area contributed by atoms with Crippen molar-refractivity contribution in [2.75, 3.05) is 31.2 Å². The lowest BCUT2D eigenvalue weighted by Gasteiger charge is -2.29. The SMILES string of the molecule is CC(=O)c1cc(Cl)cc2c(C#N)c(C)c(N3CCOCC3)nc12. The van der Waals surface area contributed by atoms with Crippen molar-refractivity contribution in [2.24, 2.45) is 0 Å². The molecular weight excluding hydrogens is 314 g/mol. The van der Waals surface area contributed by atoms with Gasteiger partial charge in [0.05, 0.1) is 24.3 Å². The average Bonchev–Trinajstić information content (AvgIpc) is 2.54. The molecular formula is C17H16ClN3O2. The maximum atomic E-state index is 12.0. The number of anilines is 1. The van der Waals surface area contributed by atoms with E-state index in [9.17, 15) is 10.1 Å². The number of ketones is 1. The second kappa shape index (κ2) is 6.15. The Morgan fingerprint density at radius 1 is 1.39 bits per heavy atom. The first-order valence-electron chi connectivity index (χ1n) is 7.40. The maximum absolute atomic E-state index is 12.0. The van der Waals surface area contributed by atoms with Crippen LogP contribution in [0.2, 0.25) is 5.02 Å². The van der Waals surface area contributed by atoms with Gasteiger partial charge >= 0.3 is 0 Å². The lowest BCUT2D eigenvalue weighted by molar-refractivity contribution is 0.101. The first-order valence-corrected chi connectivity index (χ1v) is 7.78. The Morgan fingerprint density at radius 2 is 2.09 bits per heavy atom. The fraction of sp³-hybridized carbons (Fsp3) is 0.353. The van der Waals surface area contributed by atoms with Crippen LogP contribution in [0.5, 0.6) is 0 Å². The molecule has 2 heterocycles. The molecule has 0 amide bonds. The number of pyridine rings is 1. The lowest BCUT2D eigenvalue weighted by Crippen LogP contribution is -2.37. The van der Waals surface area contributed by atoms with Crippen molar-refractivity contribution < 1.29 is 9.53 Å². The summed E-state index contributed by atoms with van der Waals surface area (Å²) in [4.78, 5) is 18.8. The Bertz CT molecular complexity index is 836. The van der Waals surface area contributed by atoms with Crippen molar-refractivity contribution >= 4 is 34.1 Å². The van der Waals surface area contributed by atoms with Crippen molar-refractivity contribution in [2.45, 2.75) is 13.8 Å².